The van der Waals surface area contributed by atoms with E-state index >= 15 is 0 Å². The lowest BCUT2D eigenvalue weighted by atomic mass is 9.85. The van der Waals surface area contributed by atoms with Crippen molar-refractivity contribution in [3.05, 3.63) is 11.6 Å². The highest BCUT2D eigenvalue weighted by Gasteiger charge is 2.37. The van der Waals surface area contributed by atoms with E-state index in [9.17, 15) is 19.5 Å². The summed E-state index contributed by atoms with van der Waals surface area (Å²) in [6.07, 6.45) is 1.58. The first-order chi connectivity index (χ1) is 12.9. The quantitative estimate of drug-likeness (QED) is 0.441. The van der Waals surface area contributed by atoms with Crippen molar-refractivity contribution in [1.82, 2.24) is 20.7 Å². The SMILES string of the molecule is CC(=C[C@H](C(C)C)N(C)C(=O)[C@@H](NC(=O)N(C)NC(C)(C)C)C(C)(C)C)C(=O)O. The highest BCUT2D eigenvalue weighted by molar-refractivity contribution is 5.89. The van der Waals surface area contributed by atoms with Crippen molar-refractivity contribution in [2.24, 2.45) is 11.3 Å². The second kappa shape index (κ2) is 10.1. The number of carboxylic acid groups (broad SMARTS) is 1. The van der Waals surface area contributed by atoms with E-state index in [-0.39, 0.29) is 22.9 Å². The van der Waals surface area contributed by atoms with Crippen LogP contribution >= 0.6 is 0 Å². The average molecular weight is 413 g/mol. The summed E-state index contributed by atoms with van der Waals surface area (Å²) in [6.45, 7) is 16.8. The van der Waals surface area contributed by atoms with Gasteiger partial charge >= 0.3 is 12.0 Å². The van der Waals surface area contributed by atoms with Gasteiger partial charge in [-0.1, -0.05) is 40.7 Å². The zero-order valence-corrected chi connectivity index (χ0v) is 19.9. The molecule has 0 rings (SSSR count). The molecule has 3 amide bonds. The Morgan fingerprint density at radius 2 is 1.48 bits per heavy atom. The molecule has 0 bridgehead atoms. The topological polar surface area (TPSA) is 102 Å². The molecule has 0 fully saturated rings. The molecule has 0 spiro atoms. The van der Waals surface area contributed by atoms with Gasteiger partial charge in [-0.15, -0.1) is 0 Å². The Labute approximate surface area is 175 Å². The summed E-state index contributed by atoms with van der Waals surface area (Å²) >= 11 is 0. The van der Waals surface area contributed by atoms with Crippen molar-refractivity contribution in [1.29, 1.82) is 0 Å². The summed E-state index contributed by atoms with van der Waals surface area (Å²) in [5, 5.41) is 13.4. The third kappa shape index (κ3) is 8.85. The molecule has 2 atom stereocenters. The molecule has 29 heavy (non-hydrogen) atoms. The van der Waals surface area contributed by atoms with Crippen molar-refractivity contribution in [3.8, 4) is 0 Å². The van der Waals surface area contributed by atoms with E-state index < -0.39 is 29.5 Å². The van der Waals surface area contributed by atoms with E-state index in [2.05, 4.69) is 10.7 Å². The summed E-state index contributed by atoms with van der Waals surface area (Å²) in [6, 6.07) is -1.62. The summed E-state index contributed by atoms with van der Waals surface area (Å²) in [5.41, 5.74) is 2.36. The minimum atomic E-state index is -1.02. The maximum Gasteiger partial charge on any atom is 0.332 e. The molecule has 0 aromatic heterocycles. The van der Waals surface area contributed by atoms with Gasteiger partial charge in [0.1, 0.15) is 6.04 Å². The second-order valence-corrected chi connectivity index (χ2v) is 10.0. The molecule has 168 valence electrons. The highest BCUT2D eigenvalue weighted by Crippen LogP contribution is 2.24. The number of hydrazine groups is 1. The van der Waals surface area contributed by atoms with Gasteiger partial charge in [0, 0.05) is 25.2 Å². The first-order valence-corrected chi connectivity index (χ1v) is 9.89. The van der Waals surface area contributed by atoms with Crippen LogP contribution in [0.2, 0.25) is 0 Å². The molecular formula is C21H40N4O4. The predicted molar refractivity (Wildman–Crippen MR) is 115 cm³/mol. The van der Waals surface area contributed by atoms with Gasteiger partial charge in [-0.2, -0.15) is 0 Å². The molecule has 0 aliphatic rings. The number of urea groups is 1. The van der Waals surface area contributed by atoms with Crippen LogP contribution in [0.3, 0.4) is 0 Å². The van der Waals surface area contributed by atoms with E-state index in [1.807, 2.05) is 55.4 Å². The number of carboxylic acids is 1. The number of carbonyl (C=O) groups excluding carboxylic acids is 2. The Balaban J connectivity index is 5.72. The third-order valence-electron chi connectivity index (χ3n) is 4.42. The number of hydrogen-bond acceptors (Lipinski definition) is 4. The van der Waals surface area contributed by atoms with Crippen LogP contribution in [0.25, 0.3) is 0 Å². The average Bonchev–Trinajstić information content (AvgIpc) is 2.52. The first-order valence-electron chi connectivity index (χ1n) is 9.89. The standard InChI is InChI=1S/C21H40N4O4/c1-13(2)15(12-14(3)18(27)28)24(10)17(26)16(20(4,5)6)22-19(29)25(11)23-21(7,8)9/h12-13,15-16,23H,1-11H3,(H,22,29)(H,27,28)/t15-,16-/m1/s1. The van der Waals surface area contributed by atoms with Crippen LogP contribution in [0.5, 0.6) is 0 Å². The Hall–Kier alpha value is -2.09. The molecule has 3 N–H and O–H groups in total. The van der Waals surface area contributed by atoms with Gasteiger partial charge in [-0.05, 0) is 39.0 Å². The monoisotopic (exact) mass is 412 g/mol. The molecule has 0 unspecified atom stereocenters. The number of nitrogens with one attached hydrogen (secondary N) is 2. The van der Waals surface area contributed by atoms with Gasteiger partial charge in [-0.25, -0.2) is 15.0 Å². The molecule has 0 saturated carbocycles. The fraction of sp³-hybridized carbons (Fsp3) is 0.762. The van der Waals surface area contributed by atoms with Crippen molar-refractivity contribution in [2.45, 2.75) is 79.9 Å². The normalized spacial score (nSPS) is 15.0. The lowest BCUT2D eigenvalue weighted by Crippen LogP contribution is -2.61. The van der Waals surface area contributed by atoms with Crippen LogP contribution in [0.15, 0.2) is 11.6 Å². The summed E-state index contributed by atoms with van der Waals surface area (Å²) in [5.74, 6) is -1.30. The molecule has 8 heteroatoms. The number of nitrogens with zero attached hydrogens (tertiary/aromatic N) is 2. The van der Waals surface area contributed by atoms with Crippen LogP contribution in [0.1, 0.15) is 62.3 Å². The van der Waals surface area contributed by atoms with E-state index in [1.165, 1.54) is 16.8 Å². The first kappa shape index (κ1) is 26.9. The lowest BCUT2D eigenvalue weighted by Gasteiger charge is -2.38. The van der Waals surface area contributed by atoms with Crippen molar-refractivity contribution in [3.63, 3.8) is 0 Å². The molecule has 0 aliphatic heterocycles. The predicted octanol–water partition coefficient (Wildman–Crippen LogP) is 2.86. The molecular weight excluding hydrogens is 372 g/mol. The molecule has 8 nitrogen and oxygen atoms in total. The van der Waals surface area contributed by atoms with Gasteiger partial charge in [0.25, 0.3) is 0 Å². The van der Waals surface area contributed by atoms with Gasteiger partial charge in [0.05, 0.1) is 6.04 Å². The number of amides is 3. The smallest absolute Gasteiger partial charge is 0.332 e. The van der Waals surface area contributed by atoms with Crippen molar-refractivity contribution < 1.29 is 19.5 Å². The Bertz CT molecular complexity index is 630. The fourth-order valence-electron chi connectivity index (χ4n) is 2.85. The Morgan fingerprint density at radius 1 is 1.00 bits per heavy atom. The Kier molecular flexibility index (Phi) is 9.37. The van der Waals surface area contributed by atoms with E-state index in [0.29, 0.717) is 0 Å². The van der Waals surface area contributed by atoms with Crippen LogP contribution in [-0.2, 0) is 9.59 Å². The summed E-state index contributed by atoms with van der Waals surface area (Å²) < 4.78 is 0. The lowest BCUT2D eigenvalue weighted by molar-refractivity contribution is -0.137. The molecule has 0 radical (unpaired) electrons. The third-order valence-corrected chi connectivity index (χ3v) is 4.42. The summed E-state index contributed by atoms with van der Waals surface area (Å²) in [7, 11) is 3.24. The fourth-order valence-corrected chi connectivity index (χ4v) is 2.85. The van der Waals surface area contributed by atoms with Gasteiger partial charge < -0.3 is 15.3 Å². The molecule has 0 heterocycles. The molecule has 0 saturated heterocycles. The zero-order chi connectivity index (χ0) is 23.3. The number of aliphatic carboxylic acids is 1. The summed E-state index contributed by atoms with van der Waals surface area (Å²) in [4.78, 5) is 38.7. The van der Waals surface area contributed by atoms with Crippen LogP contribution < -0.4 is 10.7 Å². The minimum Gasteiger partial charge on any atom is -0.478 e. The van der Waals surface area contributed by atoms with E-state index in [0.717, 1.165) is 0 Å². The van der Waals surface area contributed by atoms with Crippen molar-refractivity contribution in [2.75, 3.05) is 14.1 Å². The zero-order valence-electron chi connectivity index (χ0n) is 19.9. The van der Waals surface area contributed by atoms with Gasteiger partial charge in [-0.3, -0.25) is 9.80 Å². The maximum atomic E-state index is 13.3. The maximum absolute atomic E-state index is 13.3. The number of likely N-dealkylation sites (N-methyl/N-ethyl adjacent to an activating group) is 1. The van der Waals surface area contributed by atoms with Crippen LogP contribution in [0.4, 0.5) is 4.79 Å². The minimum absolute atomic E-state index is 0.000184. The van der Waals surface area contributed by atoms with Crippen LogP contribution in [-0.4, -0.2) is 64.6 Å². The van der Waals surface area contributed by atoms with Crippen LogP contribution in [0, 0.1) is 11.3 Å². The van der Waals surface area contributed by atoms with Gasteiger partial charge in [0.15, 0.2) is 0 Å². The van der Waals surface area contributed by atoms with Crippen molar-refractivity contribution >= 4 is 17.9 Å². The Morgan fingerprint density at radius 3 is 1.83 bits per heavy atom. The van der Waals surface area contributed by atoms with E-state index in [4.69, 9.17) is 0 Å². The number of hydrogen-bond donors (Lipinski definition) is 3. The highest BCUT2D eigenvalue weighted by atomic mass is 16.4. The van der Waals surface area contributed by atoms with Gasteiger partial charge in [0.2, 0.25) is 5.91 Å². The molecule has 0 aromatic rings. The second-order valence-electron chi connectivity index (χ2n) is 10.0. The molecule has 0 aromatic carbocycles. The largest absolute Gasteiger partial charge is 0.478 e. The number of carbonyl (C=O) groups is 3. The number of rotatable bonds is 7. The van der Waals surface area contributed by atoms with E-state index in [1.54, 1.807) is 20.2 Å². The molecule has 0 aliphatic carbocycles.